The summed E-state index contributed by atoms with van der Waals surface area (Å²) in [5.74, 6) is 0.562. The normalized spacial score (nSPS) is 24.1. The topological polar surface area (TPSA) is 37.3 Å². The van der Waals surface area contributed by atoms with Crippen molar-refractivity contribution in [2.24, 2.45) is 5.41 Å². The van der Waals surface area contributed by atoms with Gasteiger partial charge in [0.05, 0.1) is 0 Å². The van der Waals surface area contributed by atoms with Gasteiger partial charge in [-0.05, 0) is 58.5 Å². The fraction of sp³-hybridized carbons (Fsp3) is 0.278. The molecule has 3 heteroatoms. The molecule has 2 nitrogen and oxygen atoms in total. The molecule has 0 amide bonds. The summed E-state index contributed by atoms with van der Waals surface area (Å²) in [6.45, 7) is 2.25. The molecule has 0 spiro atoms. The minimum absolute atomic E-state index is 0.0172. The van der Waals surface area contributed by atoms with Crippen molar-refractivity contribution in [2.45, 2.75) is 26.2 Å². The zero-order chi connectivity index (χ0) is 14.6. The largest absolute Gasteiger partial charge is 0.508 e. The summed E-state index contributed by atoms with van der Waals surface area (Å²) >= 11 is 1.63. The van der Waals surface area contributed by atoms with Gasteiger partial charge in [-0.1, -0.05) is 19.1 Å². The van der Waals surface area contributed by atoms with Crippen LogP contribution in [0.25, 0.3) is 11.1 Å². The van der Waals surface area contributed by atoms with E-state index >= 15 is 0 Å². The van der Waals surface area contributed by atoms with E-state index in [0.29, 0.717) is 12.2 Å². The van der Waals surface area contributed by atoms with Crippen molar-refractivity contribution in [3.8, 4) is 5.75 Å². The van der Waals surface area contributed by atoms with E-state index in [-0.39, 0.29) is 11.2 Å². The Morgan fingerprint density at radius 1 is 1.29 bits per heavy atom. The van der Waals surface area contributed by atoms with Gasteiger partial charge in [0.2, 0.25) is 0 Å². The molecule has 0 aliphatic heterocycles. The summed E-state index contributed by atoms with van der Waals surface area (Å²) < 4.78 is 0. The number of carbonyl (C=O) groups excluding carboxylic acids is 1. The van der Waals surface area contributed by atoms with Gasteiger partial charge in [0.15, 0.2) is 5.78 Å². The number of ketones is 1. The molecule has 0 bridgehead atoms. The summed E-state index contributed by atoms with van der Waals surface area (Å²) in [5.41, 5.74) is 4.42. The first-order chi connectivity index (χ1) is 10.1. The molecule has 106 valence electrons. The predicted octanol–water partition coefficient (Wildman–Crippen LogP) is 4.29. The molecule has 1 aromatic heterocycles. The Labute approximate surface area is 127 Å². The van der Waals surface area contributed by atoms with E-state index in [0.717, 1.165) is 34.4 Å². The second kappa shape index (κ2) is 4.31. The number of rotatable bonds is 1. The number of hydrogen-bond acceptors (Lipinski definition) is 3. The lowest BCUT2D eigenvalue weighted by Crippen LogP contribution is -2.24. The van der Waals surface area contributed by atoms with Gasteiger partial charge in [-0.2, -0.15) is 0 Å². The van der Waals surface area contributed by atoms with E-state index in [2.05, 4.69) is 6.92 Å². The third kappa shape index (κ3) is 1.80. The van der Waals surface area contributed by atoms with Crippen LogP contribution in [0, 0.1) is 5.41 Å². The summed E-state index contributed by atoms with van der Waals surface area (Å²) in [6.07, 6.45) is 2.42. The Morgan fingerprint density at radius 3 is 2.90 bits per heavy atom. The lowest BCUT2D eigenvalue weighted by Gasteiger charge is -2.32. The summed E-state index contributed by atoms with van der Waals surface area (Å²) in [5, 5.41) is 11.8. The Hall–Kier alpha value is -1.87. The number of benzene rings is 1. The molecule has 2 aliphatic rings. The highest BCUT2D eigenvalue weighted by Gasteiger charge is 2.44. The quantitative estimate of drug-likeness (QED) is 0.852. The lowest BCUT2D eigenvalue weighted by molar-refractivity contribution is -0.114. The highest BCUT2D eigenvalue weighted by Crippen LogP contribution is 2.56. The number of fused-ring (bicyclic) bond motifs is 3. The number of phenolic OH excluding ortho intramolecular Hbond substituents is 1. The van der Waals surface area contributed by atoms with Gasteiger partial charge in [-0.25, -0.2) is 0 Å². The molecule has 1 atom stereocenters. The van der Waals surface area contributed by atoms with Gasteiger partial charge in [-0.3, -0.25) is 4.79 Å². The molecule has 2 aliphatic carbocycles. The maximum absolute atomic E-state index is 12.6. The van der Waals surface area contributed by atoms with Crippen LogP contribution in [0.15, 0.2) is 35.7 Å². The van der Waals surface area contributed by atoms with E-state index in [9.17, 15) is 9.90 Å². The number of phenols is 1. The molecular formula is C18H16O2S. The van der Waals surface area contributed by atoms with Crippen LogP contribution in [0.5, 0.6) is 5.75 Å². The number of Topliss-reactive ketones (excluding diaryl/α,β-unsaturated/α-hetero) is 1. The average Bonchev–Trinajstić information content (AvgIpc) is 3.04. The molecule has 1 aromatic carbocycles. The molecule has 1 N–H and O–H groups in total. The van der Waals surface area contributed by atoms with Crippen LogP contribution >= 0.6 is 11.3 Å². The summed E-state index contributed by atoms with van der Waals surface area (Å²) in [4.78, 5) is 13.6. The van der Waals surface area contributed by atoms with E-state index in [4.69, 9.17) is 0 Å². The minimum Gasteiger partial charge on any atom is -0.508 e. The van der Waals surface area contributed by atoms with Crippen molar-refractivity contribution in [1.82, 2.24) is 0 Å². The third-order valence-electron chi connectivity index (χ3n) is 4.74. The SMILES string of the molecule is CC12CCC(=O)C(c3cccs3)=C1c1ccc(O)cc1C2. The second-order valence-electron chi connectivity index (χ2n) is 6.23. The highest BCUT2D eigenvalue weighted by molar-refractivity contribution is 7.11. The van der Waals surface area contributed by atoms with Gasteiger partial charge >= 0.3 is 0 Å². The molecule has 1 heterocycles. The van der Waals surface area contributed by atoms with Crippen LogP contribution in [0.1, 0.15) is 35.8 Å². The van der Waals surface area contributed by atoms with Crippen molar-refractivity contribution >= 4 is 28.3 Å². The average molecular weight is 296 g/mol. The number of aromatic hydroxyl groups is 1. The molecule has 2 aromatic rings. The molecular weight excluding hydrogens is 280 g/mol. The molecule has 0 radical (unpaired) electrons. The first-order valence-electron chi connectivity index (χ1n) is 7.23. The molecule has 0 saturated heterocycles. The standard InChI is InChI=1S/C18H16O2S/c1-18-7-6-14(20)16(15-3-2-8-21-15)17(18)13-5-4-12(19)9-11(13)10-18/h2-5,8-9,19H,6-7,10H2,1H3. The Balaban J connectivity index is 2.04. The van der Waals surface area contributed by atoms with Gasteiger partial charge in [0.25, 0.3) is 0 Å². The number of carbonyl (C=O) groups is 1. The Kier molecular flexibility index (Phi) is 2.64. The van der Waals surface area contributed by atoms with Crippen LogP contribution in [-0.2, 0) is 11.2 Å². The van der Waals surface area contributed by atoms with E-state index in [1.165, 1.54) is 5.57 Å². The van der Waals surface area contributed by atoms with Crippen molar-refractivity contribution in [1.29, 1.82) is 0 Å². The second-order valence-corrected chi connectivity index (χ2v) is 7.18. The minimum atomic E-state index is 0.0172. The molecule has 0 fully saturated rings. The van der Waals surface area contributed by atoms with Gasteiger partial charge in [0.1, 0.15) is 5.75 Å². The van der Waals surface area contributed by atoms with Crippen LogP contribution in [-0.4, -0.2) is 10.9 Å². The number of thiophene rings is 1. The highest BCUT2D eigenvalue weighted by atomic mass is 32.1. The van der Waals surface area contributed by atoms with Crippen molar-refractivity contribution in [3.63, 3.8) is 0 Å². The summed E-state index contributed by atoms with van der Waals surface area (Å²) in [6, 6.07) is 9.58. The Bertz CT molecular complexity index is 771. The van der Waals surface area contributed by atoms with Crippen LogP contribution in [0.3, 0.4) is 0 Å². The van der Waals surface area contributed by atoms with Gasteiger partial charge in [-0.15, -0.1) is 11.3 Å². The first-order valence-corrected chi connectivity index (χ1v) is 8.10. The van der Waals surface area contributed by atoms with E-state index in [1.54, 1.807) is 17.4 Å². The van der Waals surface area contributed by atoms with Crippen LogP contribution < -0.4 is 0 Å². The zero-order valence-electron chi connectivity index (χ0n) is 11.8. The van der Waals surface area contributed by atoms with Gasteiger partial charge in [0, 0.05) is 16.9 Å². The van der Waals surface area contributed by atoms with Crippen LogP contribution in [0.4, 0.5) is 0 Å². The van der Waals surface area contributed by atoms with Gasteiger partial charge < -0.3 is 5.11 Å². The molecule has 21 heavy (non-hydrogen) atoms. The zero-order valence-corrected chi connectivity index (χ0v) is 12.7. The molecule has 0 saturated carbocycles. The lowest BCUT2D eigenvalue weighted by atomic mass is 9.71. The van der Waals surface area contributed by atoms with Crippen molar-refractivity contribution in [3.05, 3.63) is 51.7 Å². The fourth-order valence-electron chi connectivity index (χ4n) is 3.79. The maximum atomic E-state index is 12.6. The predicted molar refractivity (Wildman–Crippen MR) is 85.3 cm³/mol. The van der Waals surface area contributed by atoms with Crippen molar-refractivity contribution < 1.29 is 9.90 Å². The monoisotopic (exact) mass is 296 g/mol. The number of allylic oxidation sites excluding steroid dienone is 2. The third-order valence-corrected chi connectivity index (χ3v) is 5.63. The smallest absolute Gasteiger partial charge is 0.164 e. The summed E-state index contributed by atoms with van der Waals surface area (Å²) in [7, 11) is 0. The molecule has 4 rings (SSSR count). The van der Waals surface area contributed by atoms with Crippen LogP contribution in [0.2, 0.25) is 0 Å². The molecule has 1 unspecified atom stereocenters. The fourth-order valence-corrected chi connectivity index (χ4v) is 4.58. The maximum Gasteiger partial charge on any atom is 0.164 e. The van der Waals surface area contributed by atoms with E-state index in [1.807, 2.05) is 29.6 Å². The first kappa shape index (κ1) is 12.8. The Morgan fingerprint density at radius 2 is 2.14 bits per heavy atom. The van der Waals surface area contributed by atoms with E-state index < -0.39 is 0 Å². The number of hydrogen-bond donors (Lipinski definition) is 1. The van der Waals surface area contributed by atoms with Crippen molar-refractivity contribution in [2.75, 3.05) is 0 Å².